The monoisotopic (exact) mass is 212 g/mol. The molecule has 0 unspecified atom stereocenters. The first-order valence-electron chi connectivity index (χ1n) is 4.41. The molecule has 1 rings (SSSR count). The van der Waals surface area contributed by atoms with Crippen LogP contribution in [0, 0.1) is 10.1 Å². The van der Waals surface area contributed by atoms with Crippen LogP contribution in [0.3, 0.4) is 0 Å². The van der Waals surface area contributed by atoms with Crippen LogP contribution in [0.4, 0.5) is 11.5 Å². The van der Waals surface area contributed by atoms with Crippen molar-refractivity contribution in [2.24, 2.45) is 0 Å². The van der Waals surface area contributed by atoms with Gasteiger partial charge in [-0.15, -0.1) is 0 Å². The fourth-order valence-electron chi connectivity index (χ4n) is 1.12. The lowest BCUT2D eigenvalue weighted by atomic mass is 10.4. The van der Waals surface area contributed by atoms with Crippen LogP contribution in [0.2, 0.25) is 0 Å². The molecule has 7 nitrogen and oxygen atoms in total. The zero-order chi connectivity index (χ0) is 11.4. The van der Waals surface area contributed by atoms with Gasteiger partial charge in [-0.3, -0.25) is 10.1 Å². The summed E-state index contributed by atoms with van der Waals surface area (Å²) in [5.74, 6) is 0.654. The summed E-state index contributed by atoms with van der Waals surface area (Å²) in [6.45, 7) is 1.86. The number of ether oxygens (including phenoxy) is 1. The van der Waals surface area contributed by atoms with Gasteiger partial charge in [-0.25, -0.2) is 4.98 Å². The van der Waals surface area contributed by atoms with Crippen LogP contribution < -0.4 is 10.1 Å². The van der Waals surface area contributed by atoms with Crippen LogP contribution in [-0.2, 0) is 6.42 Å². The predicted molar refractivity (Wildman–Crippen MR) is 54.2 cm³/mol. The third-order valence-electron chi connectivity index (χ3n) is 1.83. The number of aryl methyl sites for hydroxylation is 1. The number of nitro groups is 1. The lowest BCUT2D eigenvalue weighted by Gasteiger charge is -2.06. The molecule has 0 amide bonds. The Balaban J connectivity index is 3.39. The maximum atomic E-state index is 10.8. The molecule has 1 N–H and O–H groups in total. The Hall–Kier alpha value is -1.92. The quantitative estimate of drug-likeness (QED) is 0.591. The summed E-state index contributed by atoms with van der Waals surface area (Å²) >= 11 is 0. The van der Waals surface area contributed by atoms with Crippen molar-refractivity contribution >= 4 is 11.5 Å². The third-order valence-corrected chi connectivity index (χ3v) is 1.83. The zero-order valence-corrected chi connectivity index (χ0v) is 8.77. The fraction of sp³-hybridized carbons (Fsp3) is 0.500. The smallest absolute Gasteiger partial charge is 0.372 e. The van der Waals surface area contributed by atoms with E-state index in [0.29, 0.717) is 12.2 Å². The number of anilines is 1. The summed E-state index contributed by atoms with van der Waals surface area (Å²) in [6, 6.07) is 0. The van der Waals surface area contributed by atoms with Crippen LogP contribution in [0.25, 0.3) is 0 Å². The van der Waals surface area contributed by atoms with E-state index in [1.165, 1.54) is 7.11 Å². The molecule has 15 heavy (non-hydrogen) atoms. The molecule has 0 atom stereocenters. The standard InChI is InChI=1S/C8H12N4O3/c1-4-5-10-7(9-2)6(12(13)14)8(11-5)15-3/h4H2,1-3H3,(H,9,10,11). The minimum absolute atomic E-state index is 0.0174. The number of methoxy groups -OCH3 is 1. The minimum atomic E-state index is -0.565. The van der Waals surface area contributed by atoms with Gasteiger partial charge in [0.15, 0.2) is 0 Å². The van der Waals surface area contributed by atoms with Crippen molar-refractivity contribution in [3.63, 3.8) is 0 Å². The molecule has 0 saturated heterocycles. The lowest BCUT2D eigenvalue weighted by Crippen LogP contribution is -2.06. The number of nitrogens with one attached hydrogen (secondary N) is 1. The molecule has 0 aliphatic carbocycles. The van der Waals surface area contributed by atoms with E-state index in [4.69, 9.17) is 4.74 Å². The SMILES string of the molecule is CCc1nc(NC)c([N+](=O)[O-])c(OC)n1. The highest BCUT2D eigenvalue weighted by Crippen LogP contribution is 2.31. The average molecular weight is 212 g/mol. The number of rotatable bonds is 4. The van der Waals surface area contributed by atoms with Crippen LogP contribution in [0.5, 0.6) is 5.88 Å². The maximum Gasteiger partial charge on any atom is 0.372 e. The number of nitrogens with zero attached hydrogens (tertiary/aromatic N) is 3. The van der Waals surface area contributed by atoms with Crippen molar-refractivity contribution in [1.82, 2.24) is 9.97 Å². The Labute approximate surface area is 86.6 Å². The Bertz CT molecular complexity index is 355. The van der Waals surface area contributed by atoms with E-state index < -0.39 is 4.92 Å². The van der Waals surface area contributed by atoms with E-state index >= 15 is 0 Å². The van der Waals surface area contributed by atoms with Crippen molar-refractivity contribution in [2.75, 3.05) is 19.5 Å². The topological polar surface area (TPSA) is 90.2 Å². The minimum Gasteiger partial charge on any atom is -0.476 e. The van der Waals surface area contributed by atoms with Gasteiger partial charge in [-0.1, -0.05) is 6.92 Å². The van der Waals surface area contributed by atoms with Crippen molar-refractivity contribution in [3.8, 4) is 5.88 Å². The molecule has 7 heteroatoms. The molecule has 0 saturated carbocycles. The molecule has 1 aromatic heterocycles. The highest BCUT2D eigenvalue weighted by Gasteiger charge is 2.24. The van der Waals surface area contributed by atoms with Gasteiger partial charge in [0.1, 0.15) is 5.82 Å². The highest BCUT2D eigenvalue weighted by molar-refractivity contribution is 5.61. The largest absolute Gasteiger partial charge is 0.476 e. The summed E-state index contributed by atoms with van der Waals surface area (Å²) < 4.78 is 4.86. The van der Waals surface area contributed by atoms with Gasteiger partial charge < -0.3 is 10.1 Å². The molecule has 82 valence electrons. The summed E-state index contributed by atoms with van der Waals surface area (Å²) in [4.78, 5) is 18.1. The normalized spacial score (nSPS) is 9.80. The molecule has 0 fully saturated rings. The Morgan fingerprint density at radius 2 is 2.20 bits per heavy atom. The van der Waals surface area contributed by atoms with Gasteiger partial charge in [0, 0.05) is 13.5 Å². The second-order valence-electron chi connectivity index (χ2n) is 2.71. The summed E-state index contributed by atoms with van der Waals surface area (Å²) in [5.41, 5.74) is -0.239. The second-order valence-corrected chi connectivity index (χ2v) is 2.71. The average Bonchev–Trinajstić information content (AvgIpc) is 2.26. The van der Waals surface area contributed by atoms with Gasteiger partial charge in [0.2, 0.25) is 5.82 Å². The highest BCUT2D eigenvalue weighted by atomic mass is 16.6. The Morgan fingerprint density at radius 3 is 2.60 bits per heavy atom. The maximum absolute atomic E-state index is 10.8. The molecule has 0 radical (unpaired) electrons. The lowest BCUT2D eigenvalue weighted by molar-refractivity contribution is -0.385. The number of aromatic nitrogens is 2. The molecule has 1 aromatic rings. The Morgan fingerprint density at radius 1 is 1.53 bits per heavy atom. The molecule has 0 aliphatic heterocycles. The molecule has 0 spiro atoms. The molecule has 0 aliphatic rings. The summed E-state index contributed by atoms with van der Waals surface area (Å²) in [5, 5.41) is 13.4. The summed E-state index contributed by atoms with van der Waals surface area (Å²) in [7, 11) is 2.91. The van der Waals surface area contributed by atoms with Gasteiger partial charge >= 0.3 is 5.69 Å². The first-order valence-corrected chi connectivity index (χ1v) is 4.41. The molecule has 0 aromatic carbocycles. The van der Waals surface area contributed by atoms with Crippen molar-refractivity contribution in [2.45, 2.75) is 13.3 Å². The fourth-order valence-corrected chi connectivity index (χ4v) is 1.12. The molecular weight excluding hydrogens is 200 g/mol. The predicted octanol–water partition coefficient (Wildman–Crippen LogP) is 0.997. The van der Waals surface area contributed by atoms with Gasteiger partial charge in [0.25, 0.3) is 5.88 Å². The van der Waals surface area contributed by atoms with Crippen molar-refractivity contribution < 1.29 is 9.66 Å². The van der Waals surface area contributed by atoms with Crippen LogP contribution >= 0.6 is 0 Å². The van der Waals surface area contributed by atoms with E-state index in [-0.39, 0.29) is 17.4 Å². The zero-order valence-electron chi connectivity index (χ0n) is 8.77. The molecule has 1 heterocycles. The van der Waals surface area contributed by atoms with Crippen molar-refractivity contribution in [3.05, 3.63) is 15.9 Å². The van der Waals surface area contributed by atoms with E-state index in [1.54, 1.807) is 7.05 Å². The second kappa shape index (κ2) is 4.54. The van der Waals surface area contributed by atoms with Crippen LogP contribution in [0.1, 0.15) is 12.7 Å². The first kappa shape index (κ1) is 11.2. The third kappa shape index (κ3) is 2.12. The number of hydrogen-bond donors (Lipinski definition) is 1. The molecular formula is C8H12N4O3. The molecule has 0 bridgehead atoms. The van der Waals surface area contributed by atoms with Gasteiger partial charge in [0.05, 0.1) is 12.0 Å². The van der Waals surface area contributed by atoms with Crippen LogP contribution in [0.15, 0.2) is 0 Å². The summed E-state index contributed by atoms with van der Waals surface area (Å²) in [6.07, 6.45) is 0.586. The van der Waals surface area contributed by atoms with E-state index in [2.05, 4.69) is 15.3 Å². The van der Waals surface area contributed by atoms with Crippen LogP contribution in [-0.4, -0.2) is 29.0 Å². The van der Waals surface area contributed by atoms with E-state index in [0.717, 1.165) is 0 Å². The number of hydrogen-bond acceptors (Lipinski definition) is 6. The van der Waals surface area contributed by atoms with Crippen molar-refractivity contribution in [1.29, 1.82) is 0 Å². The first-order chi connectivity index (χ1) is 7.13. The Kier molecular flexibility index (Phi) is 3.37. The van der Waals surface area contributed by atoms with E-state index in [9.17, 15) is 10.1 Å². The van der Waals surface area contributed by atoms with E-state index in [1.807, 2.05) is 6.92 Å². The van der Waals surface area contributed by atoms with Gasteiger partial charge in [-0.05, 0) is 0 Å². The van der Waals surface area contributed by atoms with Gasteiger partial charge in [-0.2, -0.15) is 4.98 Å².